The number of fused-ring (bicyclic) bond motifs is 1. The van der Waals surface area contributed by atoms with Gasteiger partial charge in [0.05, 0.1) is 5.75 Å². The second-order valence-corrected chi connectivity index (χ2v) is 10.3. The van der Waals surface area contributed by atoms with Gasteiger partial charge in [-0.1, -0.05) is 62.9 Å². The normalized spacial score (nSPS) is 13.1. The molecule has 0 atom stereocenters. The fraction of sp³-hybridized carbons (Fsp3) is 0.423. The molecule has 1 aliphatic rings. The topological polar surface area (TPSA) is 69.5 Å². The van der Waals surface area contributed by atoms with E-state index in [0.29, 0.717) is 25.5 Å². The number of ether oxygens (including phenoxy) is 2. The van der Waals surface area contributed by atoms with Crippen LogP contribution in [-0.2, 0) is 23.3 Å². The van der Waals surface area contributed by atoms with E-state index in [1.807, 2.05) is 25.2 Å². The molecule has 180 valence electrons. The molecular formula is C26H32N4O3S. The summed E-state index contributed by atoms with van der Waals surface area (Å²) in [7, 11) is 1.81. The van der Waals surface area contributed by atoms with Gasteiger partial charge in [-0.05, 0) is 35.6 Å². The van der Waals surface area contributed by atoms with E-state index in [0.717, 1.165) is 40.2 Å². The summed E-state index contributed by atoms with van der Waals surface area (Å²) in [4.78, 5) is 14.5. The van der Waals surface area contributed by atoms with Crippen molar-refractivity contribution in [2.75, 3.05) is 26.0 Å². The summed E-state index contributed by atoms with van der Waals surface area (Å²) in [5.41, 5.74) is 3.41. The van der Waals surface area contributed by atoms with Crippen LogP contribution in [0.15, 0.2) is 47.6 Å². The maximum absolute atomic E-state index is 12.8. The van der Waals surface area contributed by atoms with Crippen molar-refractivity contribution in [1.82, 2.24) is 19.7 Å². The Morgan fingerprint density at radius 2 is 1.76 bits per heavy atom. The van der Waals surface area contributed by atoms with E-state index < -0.39 is 0 Å². The third kappa shape index (κ3) is 5.38. The minimum absolute atomic E-state index is 0.0293. The number of thioether (sulfide) groups is 1. The summed E-state index contributed by atoms with van der Waals surface area (Å²) in [6.07, 6.45) is 0. The van der Waals surface area contributed by atoms with Gasteiger partial charge < -0.3 is 18.9 Å². The van der Waals surface area contributed by atoms with Crippen molar-refractivity contribution < 1.29 is 14.3 Å². The van der Waals surface area contributed by atoms with Gasteiger partial charge in [-0.2, -0.15) is 0 Å². The van der Waals surface area contributed by atoms with Crippen LogP contribution in [0.5, 0.6) is 11.5 Å². The number of hydrogen-bond acceptors (Lipinski definition) is 6. The van der Waals surface area contributed by atoms with Crippen molar-refractivity contribution >= 4 is 17.7 Å². The lowest BCUT2D eigenvalue weighted by Crippen LogP contribution is -2.28. The maximum Gasteiger partial charge on any atom is 0.233 e. The molecule has 1 aliphatic heterocycles. The first kappa shape index (κ1) is 24.1. The molecule has 1 amide bonds. The first-order chi connectivity index (χ1) is 16.3. The van der Waals surface area contributed by atoms with Gasteiger partial charge in [0, 0.05) is 25.7 Å². The lowest BCUT2D eigenvalue weighted by atomic mass is 9.87. The van der Waals surface area contributed by atoms with Crippen molar-refractivity contribution in [3.63, 3.8) is 0 Å². The molecule has 1 aromatic heterocycles. The number of benzene rings is 2. The van der Waals surface area contributed by atoms with E-state index in [9.17, 15) is 4.79 Å². The second kappa shape index (κ2) is 10.1. The predicted octanol–water partition coefficient (Wildman–Crippen LogP) is 4.78. The quantitative estimate of drug-likeness (QED) is 0.453. The molecule has 3 aromatic rings. The van der Waals surface area contributed by atoms with Gasteiger partial charge in [0.25, 0.3) is 0 Å². The van der Waals surface area contributed by atoms with Gasteiger partial charge in [-0.15, -0.1) is 10.2 Å². The number of carbonyl (C=O) groups is 1. The average Bonchev–Trinajstić information content (AvgIpc) is 3.24. The minimum Gasteiger partial charge on any atom is -0.486 e. The SMILES string of the molecule is CCn1c(SCC(=O)N(C)Cc2ccc3c(c2)OCCO3)nnc1-c1ccc(C(C)(C)C)cc1. The lowest BCUT2D eigenvalue weighted by molar-refractivity contribution is -0.127. The summed E-state index contributed by atoms with van der Waals surface area (Å²) in [5, 5.41) is 9.54. The van der Waals surface area contributed by atoms with E-state index in [4.69, 9.17) is 9.47 Å². The second-order valence-electron chi connectivity index (χ2n) is 9.39. The molecule has 34 heavy (non-hydrogen) atoms. The van der Waals surface area contributed by atoms with Gasteiger partial charge >= 0.3 is 0 Å². The van der Waals surface area contributed by atoms with Crippen molar-refractivity contribution in [2.24, 2.45) is 0 Å². The first-order valence-corrected chi connectivity index (χ1v) is 12.5. The molecule has 4 rings (SSSR count). The molecule has 0 spiro atoms. The minimum atomic E-state index is 0.0293. The Morgan fingerprint density at radius 1 is 1.06 bits per heavy atom. The zero-order valence-corrected chi connectivity index (χ0v) is 21.3. The highest BCUT2D eigenvalue weighted by Gasteiger charge is 2.19. The zero-order valence-electron chi connectivity index (χ0n) is 20.5. The van der Waals surface area contributed by atoms with Gasteiger partial charge in [0.2, 0.25) is 5.91 Å². The Hall–Kier alpha value is -3.00. The van der Waals surface area contributed by atoms with Crippen LogP contribution in [0.2, 0.25) is 0 Å². The number of rotatable bonds is 7. The standard InChI is InChI=1S/C26H32N4O3S/c1-6-30-24(19-8-10-20(11-9-19)26(2,3)4)27-28-25(30)34-17-23(31)29(5)16-18-7-12-21-22(15-18)33-14-13-32-21/h7-12,15H,6,13-14,16-17H2,1-5H3. The van der Waals surface area contributed by atoms with Crippen LogP contribution in [0.25, 0.3) is 11.4 Å². The van der Waals surface area contributed by atoms with E-state index in [1.54, 1.807) is 4.90 Å². The average molecular weight is 481 g/mol. The molecule has 7 nitrogen and oxygen atoms in total. The molecule has 8 heteroatoms. The van der Waals surface area contributed by atoms with Gasteiger partial charge in [-0.25, -0.2) is 0 Å². The van der Waals surface area contributed by atoms with Crippen LogP contribution in [0.3, 0.4) is 0 Å². The van der Waals surface area contributed by atoms with Crippen molar-refractivity contribution in [3.8, 4) is 22.9 Å². The Balaban J connectivity index is 1.39. The Labute approximate surface area is 205 Å². The summed E-state index contributed by atoms with van der Waals surface area (Å²) in [5.74, 6) is 2.63. The molecule has 0 aliphatic carbocycles. The molecule has 0 fully saturated rings. The highest BCUT2D eigenvalue weighted by atomic mass is 32.2. The smallest absolute Gasteiger partial charge is 0.233 e. The van der Waals surface area contributed by atoms with E-state index in [-0.39, 0.29) is 11.3 Å². The number of aromatic nitrogens is 3. The molecule has 0 saturated heterocycles. The Morgan fingerprint density at radius 3 is 2.44 bits per heavy atom. The maximum atomic E-state index is 12.8. The molecule has 0 radical (unpaired) electrons. The summed E-state index contributed by atoms with van der Waals surface area (Å²) in [6.45, 7) is 11.0. The molecule has 0 unspecified atom stereocenters. The number of amides is 1. The highest BCUT2D eigenvalue weighted by molar-refractivity contribution is 7.99. The largest absolute Gasteiger partial charge is 0.486 e. The van der Waals surface area contributed by atoms with Gasteiger partial charge in [0.1, 0.15) is 13.2 Å². The van der Waals surface area contributed by atoms with E-state index >= 15 is 0 Å². The molecular weight excluding hydrogens is 448 g/mol. The van der Waals surface area contributed by atoms with Crippen molar-refractivity contribution in [3.05, 3.63) is 53.6 Å². The van der Waals surface area contributed by atoms with Crippen molar-refractivity contribution in [1.29, 1.82) is 0 Å². The summed E-state index contributed by atoms with van der Waals surface area (Å²) in [6, 6.07) is 14.3. The van der Waals surface area contributed by atoms with Crippen LogP contribution in [-0.4, -0.2) is 51.6 Å². The fourth-order valence-corrected chi connectivity index (χ4v) is 4.74. The molecule has 0 saturated carbocycles. The Bertz CT molecular complexity index is 1150. The molecule has 0 bridgehead atoms. The third-order valence-corrected chi connectivity index (χ3v) is 6.77. The molecule has 2 aromatic carbocycles. The summed E-state index contributed by atoms with van der Waals surface area (Å²) >= 11 is 1.42. The van der Waals surface area contributed by atoms with E-state index in [1.165, 1.54) is 17.3 Å². The van der Waals surface area contributed by atoms with Crippen LogP contribution in [0, 0.1) is 0 Å². The van der Waals surface area contributed by atoms with Crippen LogP contribution in [0.1, 0.15) is 38.8 Å². The zero-order chi connectivity index (χ0) is 24.3. The van der Waals surface area contributed by atoms with E-state index in [2.05, 4.69) is 66.7 Å². The monoisotopic (exact) mass is 480 g/mol. The van der Waals surface area contributed by atoms with Crippen LogP contribution in [0.4, 0.5) is 0 Å². The molecule has 2 heterocycles. The van der Waals surface area contributed by atoms with Crippen LogP contribution >= 0.6 is 11.8 Å². The fourth-order valence-electron chi connectivity index (χ4n) is 3.80. The molecule has 0 N–H and O–H groups in total. The number of carbonyl (C=O) groups excluding carboxylic acids is 1. The predicted molar refractivity (Wildman–Crippen MR) is 134 cm³/mol. The van der Waals surface area contributed by atoms with Gasteiger partial charge in [0.15, 0.2) is 22.5 Å². The number of nitrogens with zero attached hydrogens (tertiary/aromatic N) is 4. The van der Waals surface area contributed by atoms with Crippen LogP contribution < -0.4 is 9.47 Å². The first-order valence-electron chi connectivity index (χ1n) is 11.6. The summed E-state index contributed by atoms with van der Waals surface area (Å²) < 4.78 is 13.3. The Kier molecular flexibility index (Phi) is 7.16. The van der Waals surface area contributed by atoms with Crippen molar-refractivity contribution in [2.45, 2.75) is 51.4 Å². The van der Waals surface area contributed by atoms with Gasteiger partial charge in [-0.3, -0.25) is 4.79 Å². The third-order valence-electron chi connectivity index (χ3n) is 5.82. The highest BCUT2D eigenvalue weighted by Crippen LogP contribution is 2.31. The number of hydrogen-bond donors (Lipinski definition) is 0. The lowest BCUT2D eigenvalue weighted by Gasteiger charge is -2.21.